The molecule has 0 spiro atoms. The number of benzene rings is 1. The molecule has 1 aliphatic heterocycles. The Labute approximate surface area is 156 Å². The number of ether oxygens (including phenoxy) is 1. The fraction of sp³-hybridized carbons (Fsp3) is 0.579. The normalized spacial score (nSPS) is 15.6. The minimum atomic E-state index is -0.349. The summed E-state index contributed by atoms with van der Waals surface area (Å²) in [6, 6.07) is 5.40. The summed E-state index contributed by atoms with van der Waals surface area (Å²) in [5.41, 5.74) is 2.36. The lowest BCUT2D eigenvalue weighted by Crippen LogP contribution is -2.36. The Morgan fingerprint density at radius 2 is 2.08 bits per heavy atom. The van der Waals surface area contributed by atoms with Gasteiger partial charge in [0.1, 0.15) is 0 Å². The van der Waals surface area contributed by atoms with Gasteiger partial charge in [-0.3, -0.25) is 0 Å². The molecule has 0 saturated carbocycles. The van der Waals surface area contributed by atoms with Crippen molar-refractivity contribution in [1.82, 2.24) is 10.2 Å². The minimum Gasteiger partial charge on any atom is -0.465 e. The molecule has 1 heterocycles. The SMILES string of the molecule is COC(=O)c1ccc(C)c(NC(=S)NCCCN2CCC(C)CC2)c1. The maximum absolute atomic E-state index is 11.6. The van der Waals surface area contributed by atoms with Crippen molar-refractivity contribution < 1.29 is 9.53 Å². The standard InChI is InChI=1S/C19H29N3O2S/c1-14-7-11-22(12-8-14)10-4-9-20-19(25)21-17-13-16(18(23)24-3)6-5-15(17)2/h5-6,13-14H,4,7-12H2,1-3H3,(H2,20,21,25). The van der Waals surface area contributed by atoms with Crippen LogP contribution in [0.1, 0.15) is 42.1 Å². The van der Waals surface area contributed by atoms with Crippen molar-refractivity contribution in [1.29, 1.82) is 0 Å². The molecule has 0 radical (unpaired) electrons. The number of nitrogens with zero attached hydrogens (tertiary/aromatic N) is 1. The number of likely N-dealkylation sites (tertiary alicyclic amines) is 1. The predicted molar refractivity (Wildman–Crippen MR) is 106 cm³/mol. The third kappa shape index (κ3) is 6.29. The van der Waals surface area contributed by atoms with E-state index in [1.165, 1.54) is 33.0 Å². The lowest BCUT2D eigenvalue weighted by molar-refractivity contribution is 0.0601. The predicted octanol–water partition coefficient (Wildman–Crippen LogP) is 3.19. The number of methoxy groups -OCH3 is 1. The zero-order valence-corrected chi connectivity index (χ0v) is 16.2. The maximum atomic E-state index is 11.6. The van der Waals surface area contributed by atoms with Crippen molar-refractivity contribution in [3.8, 4) is 0 Å². The van der Waals surface area contributed by atoms with Crippen LogP contribution in [0.15, 0.2) is 18.2 Å². The molecular formula is C19H29N3O2S. The van der Waals surface area contributed by atoms with Gasteiger partial charge in [0.25, 0.3) is 0 Å². The average Bonchev–Trinajstić information content (AvgIpc) is 2.61. The molecule has 0 unspecified atom stereocenters. The van der Waals surface area contributed by atoms with Crippen molar-refractivity contribution in [3.63, 3.8) is 0 Å². The van der Waals surface area contributed by atoms with E-state index in [4.69, 9.17) is 17.0 Å². The fourth-order valence-corrected chi connectivity index (χ4v) is 3.17. The zero-order valence-electron chi connectivity index (χ0n) is 15.4. The number of esters is 1. The molecule has 6 heteroatoms. The van der Waals surface area contributed by atoms with Crippen LogP contribution in [-0.2, 0) is 4.74 Å². The minimum absolute atomic E-state index is 0.349. The Bertz CT molecular complexity index is 598. The highest BCUT2D eigenvalue weighted by Gasteiger charge is 2.14. The largest absolute Gasteiger partial charge is 0.465 e. The molecule has 2 rings (SSSR count). The highest BCUT2D eigenvalue weighted by atomic mass is 32.1. The zero-order chi connectivity index (χ0) is 18.2. The highest BCUT2D eigenvalue weighted by molar-refractivity contribution is 7.80. The van der Waals surface area contributed by atoms with Crippen LogP contribution in [0.3, 0.4) is 0 Å². The van der Waals surface area contributed by atoms with E-state index in [2.05, 4.69) is 22.5 Å². The third-order valence-electron chi connectivity index (χ3n) is 4.72. The third-order valence-corrected chi connectivity index (χ3v) is 4.97. The number of thiocarbonyl (C=S) groups is 1. The lowest BCUT2D eigenvalue weighted by atomic mass is 9.99. The summed E-state index contributed by atoms with van der Waals surface area (Å²) in [4.78, 5) is 14.2. The quantitative estimate of drug-likeness (QED) is 0.460. The van der Waals surface area contributed by atoms with Gasteiger partial charge in [0, 0.05) is 12.2 Å². The van der Waals surface area contributed by atoms with Gasteiger partial charge in [-0.25, -0.2) is 4.79 Å². The number of anilines is 1. The van der Waals surface area contributed by atoms with Gasteiger partial charge in [-0.2, -0.15) is 0 Å². The molecule has 0 atom stereocenters. The molecule has 1 aromatic rings. The first-order valence-corrected chi connectivity index (χ1v) is 9.36. The molecule has 1 aliphatic rings. The van der Waals surface area contributed by atoms with E-state index in [9.17, 15) is 4.79 Å². The molecule has 138 valence electrons. The van der Waals surface area contributed by atoms with Crippen LogP contribution in [0, 0.1) is 12.8 Å². The van der Waals surface area contributed by atoms with E-state index in [-0.39, 0.29) is 5.97 Å². The molecule has 0 aromatic heterocycles. The summed E-state index contributed by atoms with van der Waals surface area (Å²) in [6.45, 7) is 8.68. The van der Waals surface area contributed by atoms with Crippen LogP contribution in [0.25, 0.3) is 0 Å². The molecule has 25 heavy (non-hydrogen) atoms. The van der Waals surface area contributed by atoms with E-state index >= 15 is 0 Å². The van der Waals surface area contributed by atoms with Crippen LogP contribution in [-0.4, -0.2) is 49.3 Å². The van der Waals surface area contributed by atoms with Crippen molar-refractivity contribution >= 4 is 29.0 Å². The molecule has 0 amide bonds. The van der Waals surface area contributed by atoms with Crippen LogP contribution in [0.4, 0.5) is 5.69 Å². The van der Waals surface area contributed by atoms with E-state index < -0.39 is 0 Å². The smallest absolute Gasteiger partial charge is 0.337 e. The maximum Gasteiger partial charge on any atom is 0.337 e. The molecule has 1 aromatic carbocycles. The Morgan fingerprint density at radius 3 is 2.76 bits per heavy atom. The van der Waals surface area contributed by atoms with Gasteiger partial charge in [0.2, 0.25) is 0 Å². The number of hydrogen-bond donors (Lipinski definition) is 2. The van der Waals surface area contributed by atoms with Crippen LogP contribution >= 0.6 is 12.2 Å². The molecule has 5 nitrogen and oxygen atoms in total. The highest BCUT2D eigenvalue weighted by Crippen LogP contribution is 2.18. The van der Waals surface area contributed by atoms with Crippen LogP contribution < -0.4 is 10.6 Å². The summed E-state index contributed by atoms with van der Waals surface area (Å²) in [5.74, 6) is 0.521. The lowest BCUT2D eigenvalue weighted by Gasteiger charge is -2.30. The van der Waals surface area contributed by atoms with Gasteiger partial charge >= 0.3 is 5.97 Å². The first kappa shape index (κ1) is 19.7. The number of nitrogens with one attached hydrogen (secondary N) is 2. The number of carbonyl (C=O) groups is 1. The molecule has 1 saturated heterocycles. The first-order valence-electron chi connectivity index (χ1n) is 8.95. The Kier molecular flexibility index (Phi) is 7.65. The van der Waals surface area contributed by atoms with E-state index in [1.807, 2.05) is 13.0 Å². The van der Waals surface area contributed by atoms with Crippen molar-refractivity contribution in [2.45, 2.75) is 33.1 Å². The van der Waals surface area contributed by atoms with Gasteiger partial charge in [0.05, 0.1) is 12.7 Å². The molecule has 1 fully saturated rings. The molecule has 0 aliphatic carbocycles. The summed E-state index contributed by atoms with van der Waals surface area (Å²) >= 11 is 5.37. The second-order valence-electron chi connectivity index (χ2n) is 6.78. The van der Waals surface area contributed by atoms with E-state index in [0.29, 0.717) is 10.7 Å². The van der Waals surface area contributed by atoms with Gasteiger partial charge < -0.3 is 20.3 Å². The van der Waals surface area contributed by atoms with E-state index in [0.717, 1.165) is 36.7 Å². The van der Waals surface area contributed by atoms with Gasteiger partial charge in [-0.05, 0) is 81.7 Å². The summed E-state index contributed by atoms with van der Waals surface area (Å²) in [5, 5.41) is 7.00. The van der Waals surface area contributed by atoms with Crippen molar-refractivity contribution in [2.75, 3.05) is 38.6 Å². The van der Waals surface area contributed by atoms with E-state index in [1.54, 1.807) is 12.1 Å². The number of piperidine rings is 1. The Morgan fingerprint density at radius 1 is 1.36 bits per heavy atom. The summed E-state index contributed by atoms with van der Waals surface area (Å²) in [7, 11) is 1.38. The second kappa shape index (κ2) is 9.73. The van der Waals surface area contributed by atoms with Gasteiger partial charge in [-0.15, -0.1) is 0 Å². The first-order chi connectivity index (χ1) is 12.0. The van der Waals surface area contributed by atoms with Gasteiger partial charge in [-0.1, -0.05) is 13.0 Å². The summed E-state index contributed by atoms with van der Waals surface area (Å²) < 4.78 is 4.76. The van der Waals surface area contributed by atoms with Crippen LogP contribution in [0.2, 0.25) is 0 Å². The number of hydrogen-bond acceptors (Lipinski definition) is 4. The number of aryl methyl sites for hydroxylation is 1. The number of carbonyl (C=O) groups excluding carboxylic acids is 1. The Hall–Kier alpha value is -1.66. The van der Waals surface area contributed by atoms with Crippen molar-refractivity contribution in [3.05, 3.63) is 29.3 Å². The fourth-order valence-electron chi connectivity index (χ4n) is 2.96. The topological polar surface area (TPSA) is 53.6 Å². The van der Waals surface area contributed by atoms with Crippen LogP contribution in [0.5, 0.6) is 0 Å². The Balaban J connectivity index is 1.74. The molecule has 0 bridgehead atoms. The van der Waals surface area contributed by atoms with Crippen molar-refractivity contribution in [2.24, 2.45) is 5.92 Å². The summed E-state index contributed by atoms with van der Waals surface area (Å²) in [6.07, 6.45) is 3.68. The molecule has 2 N–H and O–H groups in total. The average molecular weight is 364 g/mol. The monoisotopic (exact) mass is 363 g/mol. The number of rotatable bonds is 6. The second-order valence-corrected chi connectivity index (χ2v) is 7.19. The van der Waals surface area contributed by atoms with Gasteiger partial charge in [0.15, 0.2) is 5.11 Å². The molecular weight excluding hydrogens is 334 g/mol.